The Morgan fingerprint density at radius 3 is 2.10 bits per heavy atom. The van der Waals surface area contributed by atoms with E-state index in [-0.39, 0.29) is 11.9 Å². The molecular formula is C14H29N2O2PS. The highest BCUT2D eigenvalue weighted by molar-refractivity contribution is 8.56. The number of rotatable bonds is 7. The van der Waals surface area contributed by atoms with E-state index in [1.165, 1.54) is 17.8 Å². The van der Waals surface area contributed by atoms with E-state index in [4.69, 9.17) is 0 Å². The fourth-order valence-electron chi connectivity index (χ4n) is 3.00. The second-order valence-electron chi connectivity index (χ2n) is 5.20. The number of carbonyl (C=O) groups excluding carboxylic acids is 1. The van der Waals surface area contributed by atoms with Crippen LogP contribution in [0.1, 0.15) is 59.8 Å². The van der Waals surface area contributed by atoms with Gasteiger partial charge in [0.2, 0.25) is 5.91 Å². The van der Waals surface area contributed by atoms with Gasteiger partial charge in [0.1, 0.15) is 0 Å². The third-order valence-corrected chi connectivity index (χ3v) is 9.93. The third kappa shape index (κ3) is 4.02. The highest BCUT2D eigenvalue weighted by Crippen LogP contribution is 2.65. The molecule has 1 unspecified atom stereocenters. The fraction of sp³-hybridized carbons (Fsp3) is 0.929. The van der Waals surface area contributed by atoms with Crippen LogP contribution >= 0.6 is 18.0 Å². The van der Waals surface area contributed by atoms with Crippen LogP contribution < -0.4 is 0 Å². The molecule has 0 aromatic rings. The van der Waals surface area contributed by atoms with Crippen LogP contribution in [0.25, 0.3) is 0 Å². The lowest BCUT2D eigenvalue weighted by molar-refractivity contribution is -0.126. The first-order valence-corrected chi connectivity index (χ1v) is 11.0. The van der Waals surface area contributed by atoms with Gasteiger partial charge in [-0.2, -0.15) is 0 Å². The van der Waals surface area contributed by atoms with Crippen molar-refractivity contribution in [2.24, 2.45) is 0 Å². The van der Waals surface area contributed by atoms with Gasteiger partial charge < -0.3 is 0 Å². The van der Waals surface area contributed by atoms with Gasteiger partial charge in [-0.05, 0) is 12.8 Å². The Bertz CT molecular complexity index is 355. The molecule has 6 heteroatoms. The first-order valence-electron chi connectivity index (χ1n) is 7.81. The summed E-state index contributed by atoms with van der Waals surface area (Å²) in [6.07, 6.45) is 5.51. The van der Waals surface area contributed by atoms with Gasteiger partial charge in [-0.15, -0.1) is 0 Å². The normalized spacial score (nSPS) is 19.9. The zero-order valence-electron chi connectivity index (χ0n) is 13.3. The topological polar surface area (TPSA) is 40.6 Å². The number of amides is 1. The maximum atomic E-state index is 13.6. The molecule has 1 rings (SSSR count). The molecule has 0 spiro atoms. The van der Waals surface area contributed by atoms with Crippen LogP contribution in [0, 0.1) is 0 Å². The van der Waals surface area contributed by atoms with E-state index >= 15 is 0 Å². The van der Waals surface area contributed by atoms with Crippen molar-refractivity contribution >= 4 is 23.9 Å². The van der Waals surface area contributed by atoms with E-state index in [0.717, 1.165) is 44.5 Å². The molecule has 118 valence electrons. The molecule has 1 saturated carbocycles. The van der Waals surface area contributed by atoms with Gasteiger partial charge in [0.15, 0.2) is 0 Å². The Hall–Kier alpha value is 0.0100. The lowest BCUT2D eigenvalue weighted by Crippen LogP contribution is -2.41. The predicted octanol–water partition coefficient (Wildman–Crippen LogP) is 4.37. The Morgan fingerprint density at radius 1 is 1.15 bits per heavy atom. The van der Waals surface area contributed by atoms with Crippen molar-refractivity contribution < 1.29 is 9.36 Å². The summed E-state index contributed by atoms with van der Waals surface area (Å²) in [7, 11) is 0. The Kier molecular flexibility index (Phi) is 7.63. The minimum atomic E-state index is -2.83. The van der Waals surface area contributed by atoms with Gasteiger partial charge in [0.05, 0.1) is 0 Å². The molecule has 0 N–H and O–H groups in total. The SMILES string of the molecule is CCSP(=O)(N(CC)CC)N(C(C)=O)C1CCCCC1. The number of hydrogen-bond donors (Lipinski definition) is 0. The lowest BCUT2D eigenvalue weighted by Gasteiger charge is -2.42. The number of nitrogens with zero attached hydrogens (tertiary/aromatic N) is 2. The van der Waals surface area contributed by atoms with Crippen molar-refractivity contribution in [1.29, 1.82) is 0 Å². The molecule has 0 bridgehead atoms. The fourth-order valence-corrected chi connectivity index (χ4v) is 8.92. The molecule has 1 amide bonds. The summed E-state index contributed by atoms with van der Waals surface area (Å²) >= 11 is 1.45. The molecule has 0 heterocycles. The van der Waals surface area contributed by atoms with Gasteiger partial charge in [0.25, 0.3) is 6.65 Å². The van der Waals surface area contributed by atoms with Crippen molar-refractivity contribution in [2.75, 3.05) is 18.8 Å². The third-order valence-electron chi connectivity index (χ3n) is 3.90. The first-order chi connectivity index (χ1) is 9.51. The van der Waals surface area contributed by atoms with Crippen LogP contribution in [0.3, 0.4) is 0 Å². The molecule has 20 heavy (non-hydrogen) atoms. The highest BCUT2D eigenvalue weighted by atomic mass is 32.7. The van der Waals surface area contributed by atoms with Crippen molar-refractivity contribution in [3.05, 3.63) is 0 Å². The smallest absolute Gasteiger partial charge is 0.275 e. The van der Waals surface area contributed by atoms with Crippen molar-refractivity contribution in [3.8, 4) is 0 Å². The summed E-state index contributed by atoms with van der Waals surface area (Å²) in [6.45, 7) is 6.23. The average molecular weight is 320 g/mol. The van der Waals surface area contributed by atoms with Crippen molar-refractivity contribution in [1.82, 2.24) is 9.34 Å². The Labute approximate surface area is 127 Å². The van der Waals surface area contributed by atoms with Gasteiger partial charge >= 0.3 is 0 Å². The molecule has 0 aromatic carbocycles. The molecule has 4 nitrogen and oxygen atoms in total. The van der Waals surface area contributed by atoms with E-state index in [0.29, 0.717) is 0 Å². The van der Waals surface area contributed by atoms with E-state index in [9.17, 15) is 9.36 Å². The lowest BCUT2D eigenvalue weighted by atomic mass is 9.95. The minimum Gasteiger partial charge on any atom is -0.275 e. The van der Waals surface area contributed by atoms with E-state index < -0.39 is 6.65 Å². The average Bonchev–Trinajstić information content (AvgIpc) is 2.41. The quantitative estimate of drug-likeness (QED) is 0.653. The van der Waals surface area contributed by atoms with Crippen LogP contribution in [0.4, 0.5) is 0 Å². The maximum Gasteiger partial charge on any atom is 0.297 e. The Morgan fingerprint density at radius 2 is 1.70 bits per heavy atom. The molecule has 1 aliphatic carbocycles. The summed E-state index contributed by atoms with van der Waals surface area (Å²) in [5, 5.41) is 0. The zero-order chi connectivity index (χ0) is 15.2. The van der Waals surface area contributed by atoms with Crippen LogP contribution in [0.5, 0.6) is 0 Å². The highest BCUT2D eigenvalue weighted by Gasteiger charge is 2.42. The van der Waals surface area contributed by atoms with Crippen LogP contribution in [0.2, 0.25) is 0 Å². The molecule has 0 saturated heterocycles. The predicted molar refractivity (Wildman–Crippen MR) is 88.1 cm³/mol. The van der Waals surface area contributed by atoms with Gasteiger partial charge in [-0.25, -0.2) is 4.67 Å². The molecule has 1 aliphatic rings. The molecule has 0 radical (unpaired) electrons. The van der Waals surface area contributed by atoms with Gasteiger partial charge in [-0.1, -0.05) is 51.4 Å². The van der Waals surface area contributed by atoms with E-state index in [2.05, 4.69) is 0 Å². The monoisotopic (exact) mass is 320 g/mol. The van der Waals surface area contributed by atoms with E-state index in [1.807, 2.05) is 25.4 Å². The number of hydrogen-bond acceptors (Lipinski definition) is 3. The summed E-state index contributed by atoms with van der Waals surface area (Å²) in [4.78, 5) is 12.2. The Balaban J connectivity index is 3.10. The molecule has 1 atom stereocenters. The second-order valence-corrected chi connectivity index (χ2v) is 10.2. The zero-order valence-corrected chi connectivity index (χ0v) is 15.0. The summed E-state index contributed by atoms with van der Waals surface area (Å²) in [5.41, 5.74) is 0. The van der Waals surface area contributed by atoms with Crippen molar-refractivity contribution in [2.45, 2.75) is 65.8 Å². The summed E-state index contributed by atoms with van der Waals surface area (Å²) in [6, 6.07) is 0.159. The minimum absolute atomic E-state index is 0.0342. The second kappa shape index (κ2) is 8.45. The van der Waals surface area contributed by atoms with Crippen molar-refractivity contribution in [3.63, 3.8) is 0 Å². The molecule has 0 aromatic heterocycles. The largest absolute Gasteiger partial charge is 0.297 e. The standard InChI is InChI=1S/C14H29N2O2PS/c1-5-15(6-2)19(18,20-7-3)16(13(4)17)14-11-9-8-10-12-14/h14H,5-12H2,1-4H3. The molecular weight excluding hydrogens is 291 g/mol. The first kappa shape index (κ1) is 18.1. The molecule has 1 fully saturated rings. The van der Waals surface area contributed by atoms with Crippen LogP contribution in [0.15, 0.2) is 0 Å². The van der Waals surface area contributed by atoms with Crippen LogP contribution in [-0.4, -0.2) is 40.1 Å². The maximum absolute atomic E-state index is 13.6. The summed E-state index contributed by atoms with van der Waals surface area (Å²) in [5.74, 6) is 0.734. The van der Waals surface area contributed by atoms with E-state index in [1.54, 1.807) is 11.6 Å². The molecule has 0 aliphatic heterocycles. The van der Waals surface area contributed by atoms with Gasteiger partial charge in [0, 0.05) is 31.8 Å². The number of carbonyl (C=O) groups is 1. The van der Waals surface area contributed by atoms with Gasteiger partial charge in [-0.3, -0.25) is 14.0 Å². The van der Waals surface area contributed by atoms with Crippen LogP contribution in [-0.2, 0) is 9.36 Å². The summed E-state index contributed by atoms with van der Waals surface area (Å²) < 4.78 is 17.3.